The highest BCUT2D eigenvalue weighted by atomic mass is 16.5. The lowest BCUT2D eigenvalue weighted by atomic mass is 9.32. The van der Waals surface area contributed by atoms with Crippen LogP contribution in [-0.4, -0.2) is 49.0 Å². The summed E-state index contributed by atoms with van der Waals surface area (Å²) in [5.74, 6) is 1.65. The third-order valence-corrected chi connectivity index (χ3v) is 5.07. The van der Waals surface area contributed by atoms with Crippen LogP contribution in [0.5, 0.6) is 0 Å². The molecule has 8 heteroatoms. The lowest BCUT2D eigenvalue weighted by Gasteiger charge is -2.23. The van der Waals surface area contributed by atoms with E-state index in [1.54, 1.807) is 6.20 Å². The third-order valence-electron chi connectivity index (χ3n) is 5.07. The summed E-state index contributed by atoms with van der Waals surface area (Å²) in [6, 6.07) is 0.259. The molecule has 0 radical (unpaired) electrons. The molecule has 1 N–H and O–H groups in total. The summed E-state index contributed by atoms with van der Waals surface area (Å²) in [6.45, 7) is 4.80. The molecule has 1 fully saturated rings. The number of nitrogens with zero attached hydrogens (tertiary/aromatic N) is 3. The molecule has 0 amide bonds. The number of aromatic nitrogens is 2. The summed E-state index contributed by atoms with van der Waals surface area (Å²) < 4.78 is 10.3. The minimum atomic E-state index is -0.678. The number of nitrogens with one attached hydrogen (secondary N) is 1. The van der Waals surface area contributed by atoms with Crippen LogP contribution in [0.25, 0.3) is 0 Å². The Hall–Kier alpha value is -2.14. The minimum absolute atomic E-state index is 0.259. The molecule has 1 atom stereocenters. The molecular weight excluding hydrogens is 307 g/mol. The average molecular weight is 328 g/mol. The zero-order chi connectivity index (χ0) is 17.3. The number of nitriles is 1. The Morgan fingerprint density at radius 2 is 2.21 bits per heavy atom. The van der Waals surface area contributed by atoms with E-state index >= 15 is 0 Å². The number of anilines is 1. The van der Waals surface area contributed by atoms with Crippen LogP contribution < -0.4 is 5.32 Å². The van der Waals surface area contributed by atoms with Crippen LogP contribution in [-0.2, 0) is 19.6 Å². The number of fused-ring (bicyclic) bond motifs is 1. The molecule has 1 saturated heterocycles. The average Bonchev–Trinajstić information content (AvgIpc) is 2.81. The molecule has 1 unspecified atom stereocenters. The van der Waals surface area contributed by atoms with Crippen LogP contribution in [0.1, 0.15) is 43.8 Å². The molecule has 0 spiro atoms. The topological polar surface area (TPSA) is 97.1 Å². The summed E-state index contributed by atoms with van der Waals surface area (Å²) in [6.07, 6.45) is 3.53. The SMILES string of the molecule is COC(=O)C1B(C#N)C(C)(C)c2cnc(NC3CCOCC3)nc21. The number of hydrogen-bond donors (Lipinski definition) is 1. The van der Waals surface area contributed by atoms with Crippen molar-refractivity contribution >= 4 is 18.6 Å². The van der Waals surface area contributed by atoms with Gasteiger partial charge in [0.25, 0.3) is 6.71 Å². The summed E-state index contributed by atoms with van der Waals surface area (Å²) in [5, 5.41) is 12.4. The molecule has 7 nitrogen and oxygen atoms in total. The summed E-state index contributed by atoms with van der Waals surface area (Å²) in [7, 11) is 1.34. The van der Waals surface area contributed by atoms with Crippen LogP contribution in [0.4, 0.5) is 5.95 Å². The van der Waals surface area contributed by atoms with E-state index in [2.05, 4.69) is 21.3 Å². The van der Waals surface area contributed by atoms with E-state index in [1.807, 2.05) is 13.8 Å². The van der Waals surface area contributed by atoms with Crippen molar-refractivity contribution in [2.24, 2.45) is 0 Å². The zero-order valence-electron chi connectivity index (χ0n) is 14.2. The van der Waals surface area contributed by atoms with Crippen molar-refractivity contribution in [3.05, 3.63) is 17.5 Å². The number of ether oxygens (including phenoxy) is 2. The van der Waals surface area contributed by atoms with E-state index in [0.29, 0.717) is 11.6 Å². The van der Waals surface area contributed by atoms with Gasteiger partial charge in [0.05, 0.1) is 18.6 Å². The first-order valence-electron chi connectivity index (χ1n) is 8.18. The maximum absolute atomic E-state index is 12.3. The number of methoxy groups -OCH3 is 1. The van der Waals surface area contributed by atoms with Gasteiger partial charge < -0.3 is 14.8 Å². The monoisotopic (exact) mass is 328 g/mol. The Bertz CT molecular complexity index is 682. The van der Waals surface area contributed by atoms with E-state index in [0.717, 1.165) is 31.6 Å². The summed E-state index contributed by atoms with van der Waals surface area (Å²) in [5.41, 5.74) is 1.44. The molecule has 0 aliphatic carbocycles. The van der Waals surface area contributed by atoms with E-state index in [1.165, 1.54) is 7.11 Å². The predicted octanol–water partition coefficient (Wildman–Crippen LogP) is 1.25. The molecule has 0 bridgehead atoms. The lowest BCUT2D eigenvalue weighted by Crippen LogP contribution is -2.38. The van der Waals surface area contributed by atoms with E-state index < -0.39 is 23.8 Å². The number of carbonyl (C=O) groups is 1. The van der Waals surface area contributed by atoms with Crippen LogP contribution >= 0.6 is 0 Å². The van der Waals surface area contributed by atoms with Gasteiger partial charge in [-0.05, 0) is 23.7 Å². The van der Waals surface area contributed by atoms with Crippen LogP contribution in [0.2, 0.25) is 0 Å². The molecule has 126 valence electrons. The molecule has 2 aliphatic rings. The first-order chi connectivity index (χ1) is 11.5. The van der Waals surface area contributed by atoms with Gasteiger partial charge in [0.2, 0.25) is 5.95 Å². The molecule has 3 rings (SSSR count). The predicted molar refractivity (Wildman–Crippen MR) is 88.6 cm³/mol. The molecule has 2 aliphatic heterocycles. The van der Waals surface area contributed by atoms with Crippen molar-refractivity contribution in [3.8, 4) is 5.97 Å². The standard InChI is InChI=1S/C16H21BN4O3/c1-16(2)11-8-19-15(20-10-4-6-24-7-5-10)21-13(11)12(14(22)23-3)17(16)9-18/h8,10,12H,4-7H2,1-3H3,(H,19,20,21). The van der Waals surface area contributed by atoms with Crippen molar-refractivity contribution in [2.45, 2.75) is 43.9 Å². The van der Waals surface area contributed by atoms with Gasteiger partial charge >= 0.3 is 5.97 Å². The van der Waals surface area contributed by atoms with Crippen molar-refractivity contribution in [1.29, 1.82) is 5.26 Å². The summed E-state index contributed by atoms with van der Waals surface area (Å²) in [4.78, 5) is 21.2. The van der Waals surface area contributed by atoms with Gasteiger partial charge in [-0.15, -0.1) is 0 Å². The van der Waals surface area contributed by atoms with Gasteiger partial charge in [-0.3, -0.25) is 4.79 Å². The van der Waals surface area contributed by atoms with E-state index in [9.17, 15) is 10.1 Å². The Labute approximate surface area is 141 Å². The molecular formula is C16H21BN4O3. The second kappa shape index (κ2) is 6.40. The van der Waals surface area contributed by atoms with E-state index in [-0.39, 0.29) is 6.04 Å². The third kappa shape index (κ3) is 2.73. The molecule has 24 heavy (non-hydrogen) atoms. The fourth-order valence-electron chi connectivity index (χ4n) is 3.58. The molecule has 1 aromatic heterocycles. The smallest absolute Gasteiger partial charge is 0.308 e. The number of esters is 1. The fourth-order valence-corrected chi connectivity index (χ4v) is 3.58. The maximum atomic E-state index is 12.3. The Morgan fingerprint density at radius 1 is 1.50 bits per heavy atom. The van der Waals surface area contributed by atoms with Crippen LogP contribution in [0.15, 0.2) is 6.20 Å². The van der Waals surface area contributed by atoms with Crippen molar-refractivity contribution in [1.82, 2.24) is 9.97 Å². The highest BCUT2D eigenvalue weighted by Gasteiger charge is 2.55. The Kier molecular flexibility index (Phi) is 4.46. The highest BCUT2D eigenvalue weighted by molar-refractivity contribution is 6.75. The molecule has 3 heterocycles. The van der Waals surface area contributed by atoms with Gasteiger partial charge in [0.15, 0.2) is 0 Å². The number of rotatable bonds is 3. The molecule has 1 aromatic rings. The van der Waals surface area contributed by atoms with E-state index in [4.69, 9.17) is 9.47 Å². The van der Waals surface area contributed by atoms with Crippen molar-refractivity contribution < 1.29 is 14.3 Å². The largest absolute Gasteiger partial charge is 0.469 e. The number of carbonyl (C=O) groups excluding carboxylic acids is 1. The number of hydrogen-bond acceptors (Lipinski definition) is 7. The van der Waals surface area contributed by atoms with Crippen LogP contribution in [0, 0.1) is 11.2 Å². The minimum Gasteiger partial charge on any atom is -0.469 e. The lowest BCUT2D eigenvalue weighted by molar-refractivity contribution is -0.140. The zero-order valence-corrected chi connectivity index (χ0v) is 14.2. The quantitative estimate of drug-likeness (QED) is 0.659. The van der Waals surface area contributed by atoms with Gasteiger partial charge in [0.1, 0.15) is 0 Å². The normalized spacial score (nSPS) is 22.6. The van der Waals surface area contributed by atoms with Crippen molar-refractivity contribution in [3.63, 3.8) is 0 Å². The van der Waals surface area contributed by atoms with Gasteiger partial charge in [-0.1, -0.05) is 13.8 Å². The summed E-state index contributed by atoms with van der Waals surface area (Å²) >= 11 is 0. The molecule has 0 saturated carbocycles. The molecule has 0 aromatic carbocycles. The second-order valence-corrected chi connectivity index (χ2v) is 6.85. The highest BCUT2D eigenvalue weighted by Crippen LogP contribution is 2.44. The van der Waals surface area contributed by atoms with Gasteiger partial charge in [0, 0.05) is 31.4 Å². The first kappa shape index (κ1) is 16.7. The first-order valence-corrected chi connectivity index (χ1v) is 8.18. The van der Waals surface area contributed by atoms with Gasteiger partial charge in [-0.2, -0.15) is 0 Å². The Morgan fingerprint density at radius 3 is 2.83 bits per heavy atom. The second-order valence-electron chi connectivity index (χ2n) is 6.85. The Balaban J connectivity index is 1.95. The van der Waals surface area contributed by atoms with Gasteiger partial charge in [-0.25, -0.2) is 15.2 Å². The van der Waals surface area contributed by atoms with Crippen molar-refractivity contribution in [2.75, 3.05) is 25.6 Å². The fraction of sp³-hybridized carbons (Fsp3) is 0.625. The van der Waals surface area contributed by atoms with Crippen LogP contribution in [0.3, 0.4) is 0 Å². The maximum Gasteiger partial charge on any atom is 0.308 e.